The van der Waals surface area contributed by atoms with Crippen molar-refractivity contribution in [3.8, 4) is 0 Å². The van der Waals surface area contributed by atoms with Crippen molar-refractivity contribution in [3.63, 3.8) is 0 Å². The van der Waals surface area contributed by atoms with Crippen LogP contribution in [0.25, 0.3) is 0 Å². The molecule has 2 heterocycles. The molecule has 1 fully saturated rings. The molecule has 3 aliphatic rings. The molecule has 1 aliphatic carbocycles. The minimum absolute atomic E-state index is 0.0393. The highest BCUT2D eigenvalue weighted by Gasteiger charge is 2.46. The number of ether oxygens (including phenoxy) is 2. The summed E-state index contributed by atoms with van der Waals surface area (Å²) in [6, 6.07) is 0. The molecule has 0 amide bonds. The fourth-order valence-corrected chi connectivity index (χ4v) is 4.83. The third-order valence-corrected chi connectivity index (χ3v) is 6.62. The molecule has 3 rings (SSSR count). The molecule has 0 aromatic carbocycles. The molecule has 5 atom stereocenters. The van der Waals surface area contributed by atoms with Gasteiger partial charge < -0.3 is 14.6 Å². The van der Waals surface area contributed by atoms with E-state index in [1.54, 1.807) is 0 Å². The first-order chi connectivity index (χ1) is 13.8. The quantitative estimate of drug-likeness (QED) is 0.590. The van der Waals surface area contributed by atoms with E-state index in [0.717, 1.165) is 49.7 Å². The van der Waals surface area contributed by atoms with Gasteiger partial charge in [-0.2, -0.15) is 0 Å². The highest BCUT2D eigenvalue weighted by atomic mass is 16.7. The number of aliphatic hydroxyl groups is 1. The van der Waals surface area contributed by atoms with Gasteiger partial charge in [-0.3, -0.25) is 4.79 Å². The fourth-order valence-electron chi connectivity index (χ4n) is 4.83. The summed E-state index contributed by atoms with van der Waals surface area (Å²) in [4.78, 5) is 12.1. The van der Waals surface area contributed by atoms with Crippen molar-refractivity contribution in [1.29, 1.82) is 0 Å². The van der Waals surface area contributed by atoms with Crippen molar-refractivity contribution < 1.29 is 19.4 Å². The van der Waals surface area contributed by atoms with E-state index in [1.165, 1.54) is 12.0 Å². The zero-order chi connectivity index (χ0) is 21.0. The normalized spacial score (nSPS) is 33.0. The average Bonchev–Trinajstić information content (AvgIpc) is 2.67. The van der Waals surface area contributed by atoms with Crippen LogP contribution in [0.3, 0.4) is 0 Å². The van der Waals surface area contributed by atoms with Gasteiger partial charge in [-0.15, -0.1) is 0 Å². The van der Waals surface area contributed by atoms with Crippen LogP contribution in [-0.2, 0) is 14.3 Å². The number of fused-ring (bicyclic) bond motifs is 1. The second-order valence-electron chi connectivity index (χ2n) is 9.54. The summed E-state index contributed by atoms with van der Waals surface area (Å²) >= 11 is 0. The van der Waals surface area contributed by atoms with Gasteiger partial charge in [0.1, 0.15) is 0 Å². The van der Waals surface area contributed by atoms with Crippen LogP contribution in [0.5, 0.6) is 0 Å². The maximum Gasteiger partial charge on any atom is 0.189 e. The van der Waals surface area contributed by atoms with Gasteiger partial charge in [0.25, 0.3) is 0 Å². The third-order valence-electron chi connectivity index (χ3n) is 6.62. The summed E-state index contributed by atoms with van der Waals surface area (Å²) in [5.41, 5.74) is 3.05. The van der Waals surface area contributed by atoms with E-state index >= 15 is 0 Å². The summed E-state index contributed by atoms with van der Waals surface area (Å²) in [7, 11) is 0. The smallest absolute Gasteiger partial charge is 0.189 e. The lowest BCUT2D eigenvalue weighted by Gasteiger charge is -2.47. The largest absolute Gasteiger partial charge is 0.392 e. The SMILES string of the molecule is CC(C)=CCC(C)CCC[C@@H]1CCC[C@]2(C=C(CO)[C@H]3CC(=O)C(C)=C[C@H]3O2)O1. The van der Waals surface area contributed by atoms with E-state index in [0.29, 0.717) is 12.3 Å². The molecule has 1 spiro atoms. The number of allylic oxidation sites excluding steroid dienone is 3. The van der Waals surface area contributed by atoms with Crippen LogP contribution in [-0.4, -0.2) is 35.5 Å². The maximum absolute atomic E-state index is 12.1. The van der Waals surface area contributed by atoms with E-state index in [2.05, 4.69) is 26.8 Å². The molecule has 0 aromatic heterocycles. The first kappa shape index (κ1) is 22.5. The van der Waals surface area contributed by atoms with Crippen LogP contribution in [0, 0.1) is 11.8 Å². The third kappa shape index (κ3) is 5.68. The van der Waals surface area contributed by atoms with Crippen molar-refractivity contribution in [2.75, 3.05) is 6.61 Å². The lowest BCUT2D eigenvalue weighted by molar-refractivity contribution is -0.275. The Labute approximate surface area is 176 Å². The number of carbonyl (C=O) groups is 1. The first-order valence-electron chi connectivity index (χ1n) is 11.3. The molecule has 29 heavy (non-hydrogen) atoms. The Balaban J connectivity index is 1.61. The second-order valence-corrected chi connectivity index (χ2v) is 9.54. The van der Waals surface area contributed by atoms with Crippen LogP contribution in [0.15, 0.2) is 34.9 Å². The molecule has 4 nitrogen and oxygen atoms in total. The highest BCUT2D eigenvalue weighted by molar-refractivity contribution is 5.96. The lowest BCUT2D eigenvalue weighted by atomic mass is 9.78. The molecule has 1 N–H and O–H groups in total. The number of hydrogen-bond acceptors (Lipinski definition) is 4. The minimum Gasteiger partial charge on any atom is -0.392 e. The van der Waals surface area contributed by atoms with E-state index in [-0.39, 0.29) is 30.5 Å². The lowest BCUT2D eigenvalue weighted by Crippen LogP contribution is -2.50. The molecular formula is C25H38O4. The zero-order valence-corrected chi connectivity index (χ0v) is 18.6. The number of ketones is 1. The van der Waals surface area contributed by atoms with Crippen LogP contribution in [0.4, 0.5) is 0 Å². The first-order valence-corrected chi connectivity index (χ1v) is 11.3. The number of hydrogen-bond donors (Lipinski definition) is 1. The van der Waals surface area contributed by atoms with E-state index < -0.39 is 5.79 Å². The molecule has 0 bridgehead atoms. The van der Waals surface area contributed by atoms with E-state index in [9.17, 15) is 9.90 Å². The number of aliphatic hydroxyl groups excluding tert-OH is 1. The second kappa shape index (κ2) is 9.72. The Kier molecular flexibility index (Phi) is 7.53. The topological polar surface area (TPSA) is 55.8 Å². The Morgan fingerprint density at radius 3 is 2.90 bits per heavy atom. The summed E-state index contributed by atoms with van der Waals surface area (Å²) < 4.78 is 12.9. The number of carbonyl (C=O) groups excluding carboxylic acids is 1. The summed E-state index contributed by atoms with van der Waals surface area (Å²) in [6.45, 7) is 8.45. The molecule has 0 aromatic rings. The van der Waals surface area contributed by atoms with Gasteiger partial charge in [0, 0.05) is 18.8 Å². The predicted molar refractivity (Wildman–Crippen MR) is 115 cm³/mol. The van der Waals surface area contributed by atoms with Gasteiger partial charge in [-0.25, -0.2) is 0 Å². The van der Waals surface area contributed by atoms with Crippen LogP contribution < -0.4 is 0 Å². The monoisotopic (exact) mass is 402 g/mol. The van der Waals surface area contributed by atoms with Gasteiger partial charge in [-0.05, 0) is 75.7 Å². The zero-order valence-electron chi connectivity index (χ0n) is 18.6. The van der Waals surface area contributed by atoms with Gasteiger partial charge in [0.15, 0.2) is 11.6 Å². The summed E-state index contributed by atoms with van der Waals surface area (Å²) in [5.74, 6) is 0.0481. The predicted octanol–water partition coefficient (Wildman–Crippen LogP) is 5.27. The summed E-state index contributed by atoms with van der Waals surface area (Å²) in [5, 5.41) is 9.94. The van der Waals surface area contributed by atoms with Gasteiger partial charge in [0.2, 0.25) is 0 Å². The molecule has 2 aliphatic heterocycles. The minimum atomic E-state index is -0.743. The Morgan fingerprint density at radius 1 is 1.38 bits per heavy atom. The van der Waals surface area contributed by atoms with Gasteiger partial charge >= 0.3 is 0 Å². The molecule has 4 heteroatoms. The van der Waals surface area contributed by atoms with Crippen molar-refractivity contribution in [3.05, 3.63) is 34.9 Å². The standard InChI is InChI=1S/C25H38O4/c1-17(2)10-11-18(3)7-5-8-21-9-6-12-25(28-21)15-20(16-26)22-14-23(27)19(4)13-24(22)29-25/h10,13,15,18,21-22,24,26H,5-9,11-12,14,16H2,1-4H3/t18?,21-,22-,24-,25+/m1/s1. The molecule has 0 saturated carbocycles. The van der Waals surface area contributed by atoms with Crippen LogP contribution in [0.1, 0.15) is 79.1 Å². The number of rotatable bonds is 7. The number of Topliss-reactive ketones (excluding diaryl/α,β-unsaturated/α-hetero) is 1. The molecule has 1 saturated heterocycles. The van der Waals surface area contributed by atoms with Gasteiger partial charge in [0.05, 0.1) is 18.8 Å². The van der Waals surface area contributed by atoms with Crippen molar-refractivity contribution >= 4 is 5.78 Å². The van der Waals surface area contributed by atoms with Crippen LogP contribution in [0.2, 0.25) is 0 Å². The van der Waals surface area contributed by atoms with Crippen molar-refractivity contribution in [2.45, 2.75) is 97.1 Å². The fraction of sp³-hybridized carbons (Fsp3) is 0.720. The van der Waals surface area contributed by atoms with E-state index in [4.69, 9.17) is 9.47 Å². The highest BCUT2D eigenvalue weighted by Crippen LogP contribution is 2.43. The van der Waals surface area contributed by atoms with Crippen molar-refractivity contribution in [2.24, 2.45) is 11.8 Å². The van der Waals surface area contributed by atoms with E-state index in [1.807, 2.05) is 19.1 Å². The average molecular weight is 403 g/mol. The molecule has 162 valence electrons. The molecular weight excluding hydrogens is 364 g/mol. The maximum atomic E-state index is 12.1. The van der Waals surface area contributed by atoms with Gasteiger partial charge in [-0.1, -0.05) is 31.4 Å². The molecule has 0 radical (unpaired) electrons. The molecule has 1 unspecified atom stereocenters. The van der Waals surface area contributed by atoms with Crippen molar-refractivity contribution in [1.82, 2.24) is 0 Å². The van der Waals surface area contributed by atoms with Crippen LogP contribution >= 0.6 is 0 Å². The summed E-state index contributed by atoms with van der Waals surface area (Å²) in [6.07, 6.45) is 14.2. The Bertz CT molecular complexity index is 685. The Hall–Kier alpha value is -1.23. The Morgan fingerprint density at radius 2 is 2.17 bits per heavy atom.